The smallest absolute Gasteiger partial charge is 0.0241 e. The van der Waals surface area contributed by atoms with Gasteiger partial charge in [0.1, 0.15) is 0 Å². The molecule has 3 unspecified atom stereocenters. The van der Waals surface area contributed by atoms with Crippen molar-refractivity contribution in [3.63, 3.8) is 0 Å². The molecule has 1 heteroatoms. The normalized spacial score (nSPS) is 54.0. The van der Waals surface area contributed by atoms with E-state index in [0.29, 0.717) is 5.54 Å². The van der Waals surface area contributed by atoms with Crippen molar-refractivity contribution < 1.29 is 0 Å². The van der Waals surface area contributed by atoms with Gasteiger partial charge in [-0.25, -0.2) is 0 Å². The molecule has 1 N–H and O–H groups in total. The summed E-state index contributed by atoms with van der Waals surface area (Å²) in [7, 11) is 2.11. The number of nitrogens with one attached hydrogen (secondary N) is 1. The van der Waals surface area contributed by atoms with Crippen LogP contribution in [0.1, 0.15) is 26.2 Å². The number of hydrogen-bond donors (Lipinski definition) is 1. The van der Waals surface area contributed by atoms with Crippen LogP contribution in [0.2, 0.25) is 0 Å². The van der Waals surface area contributed by atoms with Crippen LogP contribution in [0.25, 0.3) is 0 Å². The summed E-state index contributed by atoms with van der Waals surface area (Å²) >= 11 is 0. The van der Waals surface area contributed by atoms with Gasteiger partial charge in [0.05, 0.1) is 0 Å². The highest BCUT2D eigenvalue weighted by atomic mass is 15.1. The van der Waals surface area contributed by atoms with Crippen molar-refractivity contribution in [1.82, 2.24) is 5.32 Å². The highest BCUT2D eigenvalue weighted by Gasteiger charge is 2.68. The zero-order chi connectivity index (χ0) is 6.48. The molecule has 0 saturated heterocycles. The monoisotopic (exact) mass is 125 g/mol. The molecule has 1 nitrogen and oxygen atoms in total. The molecule has 0 aliphatic heterocycles. The molecule has 0 amide bonds. The third kappa shape index (κ3) is 0.454. The molecule has 0 radical (unpaired) electrons. The van der Waals surface area contributed by atoms with E-state index in [9.17, 15) is 0 Å². The van der Waals surface area contributed by atoms with Crippen LogP contribution in [0.5, 0.6) is 0 Å². The first-order valence-corrected chi connectivity index (χ1v) is 4.04. The summed E-state index contributed by atoms with van der Waals surface area (Å²) < 4.78 is 0. The molecule has 2 aliphatic carbocycles. The molecular formula is C8H15N. The van der Waals surface area contributed by atoms with Gasteiger partial charge in [0.25, 0.3) is 0 Å². The zero-order valence-electron chi connectivity index (χ0n) is 6.28. The molecule has 0 aromatic carbocycles. The van der Waals surface area contributed by atoms with E-state index in [0.717, 1.165) is 11.8 Å². The van der Waals surface area contributed by atoms with Gasteiger partial charge in [-0.15, -0.1) is 0 Å². The van der Waals surface area contributed by atoms with Gasteiger partial charge in [-0.05, 0) is 31.7 Å². The first kappa shape index (κ1) is 5.72. The number of hydrogen-bond acceptors (Lipinski definition) is 1. The number of fused-ring (bicyclic) bond motifs is 1. The summed E-state index contributed by atoms with van der Waals surface area (Å²) in [6.07, 6.45) is 4.30. The fourth-order valence-electron chi connectivity index (χ4n) is 2.76. The third-order valence-electron chi connectivity index (χ3n) is 3.47. The van der Waals surface area contributed by atoms with Crippen molar-refractivity contribution in [2.24, 2.45) is 11.8 Å². The van der Waals surface area contributed by atoms with E-state index in [-0.39, 0.29) is 0 Å². The molecule has 2 rings (SSSR count). The van der Waals surface area contributed by atoms with Crippen LogP contribution in [-0.2, 0) is 0 Å². The van der Waals surface area contributed by atoms with Crippen molar-refractivity contribution >= 4 is 0 Å². The molecule has 3 atom stereocenters. The summed E-state index contributed by atoms with van der Waals surface area (Å²) in [6, 6.07) is 0. The Morgan fingerprint density at radius 2 is 2.44 bits per heavy atom. The van der Waals surface area contributed by atoms with E-state index < -0.39 is 0 Å². The number of rotatable bonds is 2. The van der Waals surface area contributed by atoms with Gasteiger partial charge in [0.2, 0.25) is 0 Å². The molecular weight excluding hydrogens is 110 g/mol. The van der Waals surface area contributed by atoms with Gasteiger partial charge in [-0.1, -0.05) is 13.3 Å². The predicted molar refractivity (Wildman–Crippen MR) is 38.3 cm³/mol. The highest BCUT2D eigenvalue weighted by Crippen LogP contribution is 2.65. The Morgan fingerprint density at radius 3 is 2.56 bits per heavy atom. The van der Waals surface area contributed by atoms with Gasteiger partial charge < -0.3 is 5.32 Å². The topological polar surface area (TPSA) is 12.0 Å². The molecule has 0 spiro atoms. The second-order valence-corrected chi connectivity index (χ2v) is 3.45. The zero-order valence-corrected chi connectivity index (χ0v) is 6.28. The average molecular weight is 125 g/mol. The third-order valence-corrected chi connectivity index (χ3v) is 3.47. The lowest BCUT2D eigenvalue weighted by molar-refractivity contribution is 0.340. The van der Waals surface area contributed by atoms with Crippen LogP contribution in [0, 0.1) is 11.8 Å². The standard InChI is InChI=1S/C8H15N/c1-3-6-7-4-5-8(6,7)9-2/h6-7,9H,3-5H2,1-2H3. The summed E-state index contributed by atoms with van der Waals surface area (Å²) in [4.78, 5) is 0. The van der Waals surface area contributed by atoms with Crippen LogP contribution in [0.3, 0.4) is 0 Å². The lowest BCUT2D eigenvalue weighted by Gasteiger charge is -2.24. The Kier molecular flexibility index (Phi) is 0.963. The Bertz CT molecular complexity index is 129. The average Bonchev–Trinajstić information content (AvgIpc) is 2.29. The van der Waals surface area contributed by atoms with Crippen LogP contribution < -0.4 is 5.32 Å². The molecule has 0 heterocycles. The van der Waals surface area contributed by atoms with Crippen molar-refractivity contribution in [2.75, 3.05) is 7.05 Å². The molecule has 0 aromatic heterocycles. The summed E-state index contributed by atoms with van der Waals surface area (Å²) in [5, 5.41) is 3.45. The summed E-state index contributed by atoms with van der Waals surface area (Å²) in [6.45, 7) is 2.31. The van der Waals surface area contributed by atoms with E-state index in [1.54, 1.807) is 0 Å². The fraction of sp³-hybridized carbons (Fsp3) is 1.00. The van der Waals surface area contributed by atoms with Crippen LogP contribution >= 0.6 is 0 Å². The van der Waals surface area contributed by atoms with Crippen molar-refractivity contribution in [1.29, 1.82) is 0 Å². The molecule has 2 fully saturated rings. The largest absolute Gasteiger partial charge is 0.314 e. The van der Waals surface area contributed by atoms with Gasteiger partial charge >= 0.3 is 0 Å². The Balaban J connectivity index is 2.03. The highest BCUT2D eigenvalue weighted by molar-refractivity contribution is 5.23. The predicted octanol–water partition coefficient (Wildman–Crippen LogP) is 1.39. The minimum absolute atomic E-state index is 0.648. The fourth-order valence-corrected chi connectivity index (χ4v) is 2.76. The van der Waals surface area contributed by atoms with Crippen LogP contribution in [0.15, 0.2) is 0 Å². The molecule has 2 saturated carbocycles. The first-order chi connectivity index (χ1) is 4.35. The quantitative estimate of drug-likeness (QED) is 0.588. The SMILES string of the molecule is CCC1C2CCC12NC. The van der Waals surface area contributed by atoms with Gasteiger partial charge in [0.15, 0.2) is 0 Å². The summed E-state index contributed by atoms with van der Waals surface area (Å²) in [5.41, 5.74) is 0.648. The van der Waals surface area contributed by atoms with E-state index in [2.05, 4.69) is 19.3 Å². The summed E-state index contributed by atoms with van der Waals surface area (Å²) in [5.74, 6) is 2.09. The van der Waals surface area contributed by atoms with Gasteiger partial charge in [0, 0.05) is 5.54 Å². The van der Waals surface area contributed by atoms with Crippen LogP contribution in [-0.4, -0.2) is 12.6 Å². The van der Waals surface area contributed by atoms with Gasteiger partial charge in [-0.2, -0.15) is 0 Å². The Hall–Kier alpha value is -0.0400. The minimum atomic E-state index is 0.648. The minimum Gasteiger partial charge on any atom is -0.314 e. The van der Waals surface area contributed by atoms with Crippen molar-refractivity contribution in [2.45, 2.75) is 31.7 Å². The van der Waals surface area contributed by atoms with E-state index in [1.807, 2.05) is 0 Å². The van der Waals surface area contributed by atoms with E-state index in [4.69, 9.17) is 0 Å². The maximum absolute atomic E-state index is 3.45. The lowest BCUT2D eigenvalue weighted by atomic mass is 9.93. The second kappa shape index (κ2) is 1.51. The first-order valence-electron chi connectivity index (χ1n) is 4.04. The van der Waals surface area contributed by atoms with Gasteiger partial charge in [-0.3, -0.25) is 0 Å². The second-order valence-electron chi connectivity index (χ2n) is 3.45. The molecule has 2 aliphatic rings. The molecule has 0 bridgehead atoms. The Morgan fingerprint density at radius 1 is 1.67 bits per heavy atom. The molecule has 0 aromatic rings. The maximum atomic E-state index is 3.45. The van der Waals surface area contributed by atoms with E-state index >= 15 is 0 Å². The lowest BCUT2D eigenvalue weighted by Crippen LogP contribution is -2.36. The van der Waals surface area contributed by atoms with E-state index in [1.165, 1.54) is 19.3 Å². The van der Waals surface area contributed by atoms with Crippen LogP contribution in [0.4, 0.5) is 0 Å². The maximum Gasteiger partial charge on any atom is 0.0241 e. The van der Waals surface area contributed by atoms with Crippen molar-refractivity contribution in [3.05, 3.63) is 0 Å². The Labute approximate surface area is 56.8 Å². The molecule has 9 heavy (non-hydrogen) atoms. The molecule has 52 valence electrons. The van der Waals surface area contributed by atoms with Crippen molar-refractivity contribution in [3.8, 4) is 0 Å².